The molecule has 7 heteroatoms. The summed E-state index contributed by atoms with van der Waals surface area (Å²) in [5, 5.41) is 11.7. The van der Waals surface area contributed by atoms with E-state index in [9.17, 15) is 0 Å². The fraction of sp³-hybridized carbons (Fsp3) is 0.600. The topological polar surface area (TPSA) is 105 Å². The van der Waals surface area contributed by atoms with Gasteiger partial charge in [-0.3, -0.25) is 5.43 Å². The van der Waals surface area contributed by atoms with E-state index in [2.05, 4.69) is 20.7 Å². The van der Waals surface area contributed by atoms with Gasteiger partial charge in [-0.25, -0.2) is 10.8 Å². The number of hydrogen-bond donors (Lipinski definition) is 4. The summed E-state index contributed by atoms with van der Waals surface area (Å²) in [6.07, 6.45) is 0.842. The van der Waals surface area contributed by atoms with Crippen LogP contribution >= 0.6 is 0 Å². The molecule has 7 nitrogen and oxygen atoms in total. The Bertz CT molecular complexity index is 334. The van der Waals surface area contributed by atoms with Gasteiger partial charge in [-0.2, -0.15) is 4.98 Å². The van der Waals surface area contributed by atoms with Crippen LogP contribution in [0.25, 0.3) is 0 Å². The summed E-state index contributed by atoms with van der Waals surface area (Å²) < 4.78 is 5.13. The first-order valence-electron chi connectivity index (χ1n) is 5.51. The highest BCUT2D eigenvalue weighted by atomic mass is 16.5. The van der Waals surface area contributed by atoms with Crippen LogP contribution in [-0.4, -0.2) is 41.4 Å². The van der Waals surface area contributed by atoms with Crippen molar-refractivity contribution < 1.29 is 9.84 Å². The Morgan fingerprint density at radius 2 is 2.24 bits per heavy atom. The molecular weight excluding hydrogens is 222 g/mol. The maximum atomic E-state index is 8.51. The molecule has 0 aromatic carbocycles. The normalized spacial score (nSPS) is 10.3. The molecule has 1 aromatic heterocycles. The van der Waals surface area contributed by atoms with Gasteiger partial charge in [-0.05, 0) is 13.3 Å². The van der Waals surface area contributed by atoms with Crippen LogP contribution in [-0.2, 0) is 4.74 Å². The van der Waals surface area contributed by atoms with Crippen LogP contribution in [0.4, 0.5) is 11.8 Å². The van der Waals surface area contributed by atoms with Crippen LogP contribution in [0.5, 0.6) is 0 Å². The van der Waals surface area contributed by atoms with Gasteiger partial charge in [-0.1, -0.05) is 0 Å². The fourth-order valence-electron chi connectivity index (χ4n) is 1.28. The average Bonchev–Trinajstić information content (AvgIpc) is 2.33. The van der Waals surface area contributed by atoms with Crippen LogP contribution in [0.2, 0.25) is 0 Å². The maximum Gasteiger partial charge on any atom is 0.239 e. The van der Waals surface area contributed by atoms with Crippen LogP contribution in [0.1, 0.15) is 12.1 Å². The third kappa shape index (κ3) is 5.43. The van der Waals surface area contributed by atoms with E-state index >= 15 is 0 Å². The van der Waals surface area contributed by atoms with E-state index in [0.29, 0.717) is 19.2 Å². The number of ether oxygens (including phenoxy) is 1. The van der Waals surface area contributed by atoms with Crippen molar-refractivity contribution in [2.24, 2.45) is 5.84 Å². The van der Waals surface area contributed by atoms with Crippen LogP contribution < -0.4 is 16.6 Å². The van der Waals surface area contributed by atoms with Gasteiger partial charge in [0.15, 0.2) is 0 Å². The van der Waals surface area contributed by atoms with E-state index in [1.165, 1.54) is 0 Å². The third-order valence-electron chi connectivity index (χ3n) is 1.99. The first-order chi connectivity index (χ1) is 8.26. The van der Waals surface area contributed by atoms with E-state index in [1.54, 1.807) is 0 Å². The number of hydrogen-bond acceptors (Lipinski definition) is 7. The molecule has 0 saturated carbocycles. The number of hydrazine groups is 1. The largest absolute Gasteiger partial charge is 0.394 e. The lowest BCUT2D eigenvalue weighted by atomic mass is 10.4. The maximum absolute atomic E-state index is 8.51. The number of aliphatic hydroxyl groups excluding tert-OH is 1. The van der Waals surface area contributed by atoms with Crippen molar-refractivity contribution in [2.75, 3.05) is 37.1 Å². The van der Waals surface area contributed by atoms with Crippen molar-refractivity contribution in [3.63, 3.8) is 0 Å². The Labute approximate surface area is 100 Å². The summed E-state index contributed by atoms with van der Waals surface area (Å²) in [4.78, 5) is 8.23. The minimum Gasteiger partial charge on any atom is -0.394 e. The number of aromatic nitrogens is 2. The van der Waals surface area contributed by atoms with E-state index < -0.39 is 0 Å². The molecule has 0 amide bonds. The monoisotopic (exact) mass is 241 g/mol. The summed E-state index contributed by atoms with van der Waals surface area (Å²) in [7, 11) is 0. The van der Waals surface area contributed by atoms with E-state index in [-0.39, 0.29) is 6.61 Å². The van der Waals surface area contributed by atoms with Crippen LogP contribution in [0.3, 0.4) is 0 Å². The molecule has 0 radical (unpaired) electrons. The smallest absolute Gasteiger partial charge is 0.239 e. The lowest BCUT2D eigenvalue weighted by Crippen LogP contribution is -2.13. The van der Waals surface area contributed by atoms with Gasteiger partial charge >= 0.3 is 0 Å². The van der Waals surface area contributed by atoms with E-state index in [0.717, 1.165) is 24.5 Å². The Morgan fingerprint density at radius 1 is 1.41 bits per heavy atom. The van der Waals surface area contributed by atoms with Gasteiger partial charge in [0.05, 0.1) is 13.2 Å². The lowest BCUT2D eigenvalue weighted by molar-refractivity contribution is 0.0922. The zero-order valence-electron chi connectivity index (χ0n) is 9.94. The standard InChI is InChI=1S/C10H19N5O2/c1-8-7-9(14-10(13-8)15-11)12-3-2-5-17-6-4-16/h7,16H,2-6,11H2,1H3,(H2,12,13,14,15). The molecule has 0 atom stereocenters. The molecule has 1 heterocycles. The molecule has 1 aromatic rings. The van der Waals surface area contributed by atoms with Gasteiger partial charge in [0.1, 0.15) is 5.82 Å². The number of nitrogens with two attached hydrogens (primary N) is 1. The number of rotatable bonds is 8. The Morgan fingerprint density at radius 3 is 2.94 bits per heavy atom. The van der Waals surface area contributed by atoms with Crippen molar-refractivity contribution in [3.05, 3.63) is 11.8 Å². The third-order valence-corrected chi connectivity index (χ3v) is 1.99. The van der Waals surface area contributed by atoms with Crippen molar-refractivity contribution >= 4 is 11.8 Å². The number of aryl methyl sites for hydroxylation is 1. The molecule has 0 aliphatic heterocycles. The molecule has 0 fully saturated rings. The van der Waals surface area contributed by atoms with Crippen molar-refractivity contribution in [1.82, 2.24) is 9.97 Å². The summed E-state index contributed by atoms with van der Waals surface area (Å²) >= 11 is 0. The number of nitrogens with one attached hydrogen (secondary N) is 2. The first-order valence-corrected chi connectivity index (χ1v) is 5.51. The number of nitrogen functional groups attached to an aromatic ring is 1. The highest BCUT2D eigenvalue weighted by molar-refractivity contribution is 5.41. The van der Waals surface area contributed by atoms with Gasteiger partial charge in [0.25, 0.3) is 0 Å². The average molecular weight is 241 g/mol. The number of nitrogens with zero attached hydrogens (tertiary/aromatic N) is 2. The molecule has 0 saturated heterocycles. The fourth-order valence-corrected chi connectivity index (χ4v) is 1.28. The molecule has 17 heavy (non-hydrogen) atoms. The summed E-state index contributed by atoms with van der Waals surface area (Å²) in [5.74, 6) is 6.37. The summed E-state index contributed by atoms with van der Waals surface area (Å²) in [5.41, 5.74) is 3.25. The SMILES string of the molecule is Cc1cc(NCCCOCCO)nc(NN)n1. The molecule has 0 bridgehead atoms. The molecule has 0 aliphatic carbocycles. The highest BCUT2D eigenvalue weighted by Crippen LogP contribution is 2.08. The van der Waals surface area contributed by atoms with Crippen molar-refractivity contribution in [1.29, 1.82) is 0 Å². The van der Waals surface area contributed by atoms with Gasteiger partial charge in [-0.15, -0.1) is 0 Å². The van der Waals surface area contributed by atoms with Crippen molar-refractivity contribution in [3.8, 4) is 0 Å². The quantitative estimate of drug-likeness (QED) is 0.286. The van der Waals surface area contributed by atoms with Crippen LogP contribution in [0.15, 0.2) is 6.07 Å². The van der Waals surface area contributed by atoms with Crippen molar-refractivity contribution in [2.45, 2.75) is 13.3 Å². The molecule has 5 N–H and O–H groups in total. The Hall–Kier alpha value is -1.44. The summed E-state index contributed by atoms with van der Waals surface area (Å²) in [6, 6.07) is 1.84. The minimum absolute atomic E-state index is 0.0596. The molecule has 0 unspecified atom stereocenters. The predicted octanol–water partition coefficient (Wildman–Crippen LogP) is -0.118. The molecule has 1 rings (SSSR count). The van der Waals surface area contributed by atoms with Gasteiger partial charge in [0, 0.05) is 24.9 Å². The minimum atomic E-state index is 0.0596. The van der Waals surface area contributed by atoms with E-state index in [4.69, 9.17) is 15.7 Å². The second-order valence-electron chi connectivity index (χ2n) is 3.48. The van der Waals surface area contributed by atoms with Gasteiger partial charge in [0.2, 0.25) is 5.95 Å². The Balaban J connectivity index is 2.28. The lowest BCUT2D eigenvalue weighted by Gasteiger charge is -2.08. The predicted molar refractivity (Wildman–Crippen MR) is 65.6 cm³/mol. The Kier molecular flexibility index (Phi) is 6.23. The molecule has 96 valence electrons. The highest BCUT2D eigenvalue weighted by Gasteiger charge is 1.99. The number of aliphatic hydroxyl groups is 1. The number of anilines is 2. The second kappa shape index (κ2) is 7.77. The zero-order chi connectivity index (χ0) is 12.5. The van der Waals surface area contributed by atoms with Gasteiger partial charge < -0.3 is 15.2 Å². The zero-order valence-corrected chi connectivity index (χ0v) is 9.94. The molecule has 0 spiro atoms. The molecule has 0 aliphatic rings. The van der Waals surface area contributed by atoms with Crippen LogP contribution in [0, 0.1) is 6.92 Å². The molecular formula is C10H19N5O2. The van der Waals surface area contributed by atoms with E-state index in [1.807, 2.05) is 13.0 Å². The first kappa shape index (κ1) is 13.6. The second-order valence-corrected chi connectivity index (χ2v) is 3.48. The summed E-state index contributed by atoms with van der Waals surface area (Å²) in [6.45, 7) is 3.67.